The third kappa shape index (κ3) is 6.43. The molecule has 2 aliphatic heterocycles. The number of amides is 2. The fourth-order valence-electron chi connectivity index (χ4n) is 5.12. The van der Waals surface area contributed by atoms with Gasteiger partial charge in [0.1, 0.15) is 18.4 Å². The second kappa shape index (κ2) is 12.1. The first-order valence-electron chi connectivity index (χ1n) is 13.4. The van der Waals surface area contributed by atoms with Crippen molar-refractivity contribution < 1.29 is 37.1 Å². The van der Waals surface area contributed by atoms with Crippen molar-refractivity contribution in [3.8, 4) is 5.75 Å². The molecule has 8 nitrogen and oxygen atoms in total. The molecule has 3 aromatic rings. The second-order valence-electron chi connectivity index (χ2n) is 10.2. The Balaban J connectivity index is 1.51. The number of hydrogen-bond donors (Lipinski definition) is 1. The molecule has 0 aliphatic carbocycles. The molecule has 5 rings (SSSR count). The molecule has 0 radical (unpaired) electrons. The number of ether oxygens (including phenoxy) is 1. The van der Waals surface area contributed by atoms with Crippen molar-refractivity contribution in [2.24, 2.45) is 0 Å². The highest BCUT2D eigenvalue weighted by atomic mass is 35.5. The van der Waals surface area contributed by atoms with Crippen molar-refractivity contribution >= 4 is 35.1 Å². The number of benzene rings is 3. The molecule has 220 valence electrons. The smallest absolute Gasteiger partial charge is 0.490 e. The number of nitrogens with one attached hydrogen (secondary N) is 1. The Labute approximate surface area is 245 Å². The van der Waals surface area contributed by atoms with Gasteiger partial charge in [-0.3, -0.25) is 9.63 Å². The van der Waals surface area contributed by atoms with Gasteiger partial charge in [0.2, 0.25) is 0 Å². The van der Waals surface area contributed by atoms with Crippen LogP contribution in [0.1, 0.15) is 34.3 Å². The number of fused-ring (bicyclic) bond motifs is 1. The van der Waals surface area contributed by atoms with E-state index >= 15 is 0 Å². The van der Waals surface area contributed by atoms with E-state index < -0.39 is 41.7 Å². The maximum atomic E-state index is 14.0. The van der Waals surface area contributed by atoms with E-state index in [9.17, 15) is 27.6 Å². The zero-order chi connectivity index (χ0) is 29.9. The van der Waals surface area contributed by atoms with Gasteiger partial charge in [-0.05, 0) is 79.1 Å². The van der Waals surface area contributed by atoms with Gasteiger partial charge in [-0.25, -0.2) is 9.59 Å². The summed E-state index contributed by atoms with van der Waals surface area (Å²) in [6.45, 7) is 0.529. The first kappa shape index (κ1) is 29.6. The van der Waals surface area contributed by atoms with Crippen LogP contribution in [-0.4, -0.2) is 54.6 Å². The molecule has 42 heavy (non-hydrogen) atoms. The maximum absolute atomic E-state index is 14.0. The Morgan fingerprint density at radius 1 is 0.952 bits per heavy atom. The predicted molar refractivity (Wildman–Crippen MR) is 148 cm³/mol. The van der Waals surface area contributed by atoms with Gasteiger partial charge in [0.15, 0.2) is 12.2 Å². The molecule has 1 fully saturated rings. The summed E-state index contributed by atoms with van der Waals surface area (Å²) in [5.41, 5.74) is 1.04. The average Bonchev–Trinajstić information content (AvgIpc) is 3.08. The van der Waals surface area contributed by atoms with Crippen molar-refractivity contribution in [1.29, 1.82) is 0 Å². The van der Waals surface area contributed by atoms with Crippen LogP contribution in [0.4, 0.5) is 18.9 Å². The van der Waals surface area contributed by atoms with Gasteiger partial charge in [-0.15, -0.1) is 0 Å². The summed E-state index contributed by atoms with van der Waals surface area (Å²) in [6.07, 6.45) is -3.65. The highest BCUT2D eigenvalue weighted by molar-refractivity contribution is 6.30. The zero-order valence-corrected chi connectivity index (χ0v) is 23.2. The maximum Gasteiger partial charge on any atom is 0.497 e. The monoisotopic (exact) mass is 602 g/mol. The van der Waals surface area contributed by atoms with E-state index in [1.165, 1.54) is 41.3 Å². The normalized spacial score (nSPS) is 19.5. The molecule has 1 saturated heterocycles. The summed E-state index contributed by atoms with van der Waals surface area (Å²) in [4.78, 5) is 46.0. The molecule has 1 unspecified atom stereocenters. The number of rotatable bonds is 6. The molecule has 2 aliphatic rings. The van der Waals surface area contributed by atoms with E-state index in [4.69, 9.17) is 21.2 Å². The Bertz CT molecular complexity index is 1460. The van der Waals surface area contributed by atoms with Gasteiger partial charge in [0.25, 0.3) is 5.91 Å². The number of piperidine rings is 1. The van der Waals surface area contributed by atoms with Crippen LogP contribution in [-0.2, 0) is 27.5 Å². The van der Waals surface area contributed by atoms with Gasteiger partial charge >= 0.3 is 18.1 Å². The van der Waals surface area contributed by atoms with Crippen molar-refractivity contribution in [3.05, 3.63) is 94.5 Å². The number of para-hydroxylation sites is 1. The van der Waals surface area contributed by atoms with Crippen LogP contribution in [0.15, 0.2) is 72.8 Å². The zero-order valence-electron chi connectivity index (χ0n) is 22.4. The average molecular weight is 603 g/mol. The molecule has 0 saturated carbocycles. The minimum atomic E-state index is -5.36. The number of carbonyl (C=O) groups is 3. The quantitative estimate of drug-likeness (QED) is 0.392. The fraction of sp³-hybridized carbons (Fsp3) is 0.300. The summed E-state index contributed by atoms with van der Waals surface area (Å²) in [5.74, 6) is -3.40. The van der Waals surface area contributed by atoms with Crippen LogP contribution in [0.5, 0.6) is 5.75 Å². The van der Waals surface area contributed by atoms with Crippen LogP contribution in [0, 0.1) is 0 Å². The van der Waals surface area contributed by atoms with Gasteiger partial charge < -0.3 is 15.0 Å². The van der Waals surface area contributed by atoms with Gasteiger partial charge in [0.05, 0.1) is 6.54 Å². The summed E-state index contributed by atoms with van der Waals surface area (Å²) >= 11 is 5.94. The van der Waals surface area contributed by atoms with Crippen LogP contribution >= 0.6 is 11.6 Å². The van der Waals surface area contributed by atoms with Crippen molar-refractivity contribution in [2.75, 3.05) is 19.6 Å². The number of hydroxylamine groups is 2. The Kier molecular flexibility index (Phi) is 8.53. The lowest BCUT2D eigenvalue weighted by Gasteiger charge is -2.31. The molecular formula is C30H28ClF3N3O5+. The summed E-state index contributed by atoms with van der Waals surface area (Å²) in [7, 11) is 0. The third-order valence-electron chi connectivity index (χ3n) is 7.24. The fourth-order valence-corrected chi connectivity index (χ4v) is 5.25. The van der Waals surface area contributed by atoms with E-state index in [0.717, 1.165) is 25.9 Å². The molecule has 2 amide bonds. The molecule has 0 spiro atoms. The molecule has 1 atom stereocenters. The van der Waals surface area contributed by atoms with Crippen LogP contribution in [0.3, 0.4) is 0 Å². The lowest BCUT2D eigenvalue weighted by molar-refractivity contribution is -0.235. The number of alkyl halides is 3. The van der Waals surface area contributed by atoms with Crippen molar-refractivity contribution in [3.63, 3.8) is 0 Å². The topological polar surface area (TPSA) is 84.9 Å². The molecule has 0 bridgehead atoms. The lowest BCUT2D eigenvalue weighted by atomic mass is 10.1. The first-order valence-corrected chi connectivity index (χ1v) is 13.7. The Morgan fingerprint density at radius 3 is 2.29 bits per heavy atom. The summed E-state index contributed by atoms with van der Waals surface area (Å²) in [6, 6.07) is 18.8. The standard InChI is InChI=1S/C30H28ClF3N3O5/c31-23-9-7-21(8-10-23)28(39)36-17-22-3-1-2-4-26(22)37(27(38)18-36,42-29(40)30(32,33)34)19-20-5-11-24(12-6-20)41-25-13-15-35-16-14-25/h1-12,25,35H,13-19H2/q+1. The number of nitrogens with zero attached hydrogens (tertiary/aromatic N) is 2. The number of quaternary nitrogens is 1. The van der Waals surface area contributed by atoms with Gasteiger partial charge in [-0.1, -0.05) is 29.8 Å². The molecule has 3 aromatic carbocycles. The lowest BCUT2D eigenvalue weighted by Crippen LogP contribution is -2.58. The Hall–Kier alpha value is -3.93. The van der Waals surface area contributed by atoms with E-state index in [0.29, 0.717) is 21.9 Å². The third-order valence-corrected chi connectivity index (χ3v) is 7.49. The van der Waals surface area contributed by atoms with Crippen molar-refractivity contribution in [2.45, 2.75) is 38.2 Å². The highest BCUT2D eigenvalue weighted by Crippen LogP contribution is 2.37. The van der Waals surface area contributed by atoms with E-state index in [2.05, 4.69) is 5.32 Å². The number of carbonyl (C=O) groups excluding carboxylic acids is 3. The van der Waals surface area contributed by atoms with E-state index in [-0.39, 0.29) is 23.9 Å². The number of halogens is 4. The van der Waals surface area contributed by atoms with Crippen LogP contribution in [0.2, 0.25) is 5.02 Å². The predicted octanol–water partition coefficient (Wildman–Crippen LogP) is 5.18. The van der Waals surface area contributed by atoms with E-state index in [1.54, 1.807) is 36.4 Å². The molecule has 12 heteroatoms. The molecule has 2 heterocycles. The minimum Gasteiger partial charge on any atom is -0.490 e. The molecular weight excluding hydrogens is 575 g/mol. The van der Waals surface area contributed by atoms with Crippen LogP contribution < -0.4 is 14.7 Å². The SMILES string of the molecule is O=C(c1ccc(Cl)cc1)N1CC(=O)[N+](Cc2ccc(OC3CCNCC3)cc2)(OC(=O)C(F)(F)F)c2ccccc2C1. The van der Waals surface area contributed by atoms with Gasteiger partial charge in [0, 0.05) is 27.8 Å². The summed E-state index contributed by atoms with van der Waals surface area (Å²) < 4.78 is 45.3. The van der Waals surface area contributed by atoms with Crippen molar-refractivity contribution in [1.82, 2.24) is 14.9 Å². The molecule has 1 N–H and O–H groups in total. The Morgan fingerprint density at radius 2 is 1.62 bits per heavy atom. The van der Waals surface area contributed by atoms with E-state index in [1.807, 2.05) is 0 Å². The van der Waals surface area contributed by atoms with Crippen LogP contribution in [0.25, 0.3) is 0 Å². The second-order valence-corrected chi connectivity index (χ2v) is 10.6. The molecule has 0 aromatic heterocycles. The minimum absolute atomic E-state index is 0.0292. The van der Waals surface area contributed by atoms with Gasteiger partial charge in [-0.2, -0.15) is 13.2 Å². The highest BCUT2D eigenvalue weighted by Gasteiger charge is 2.55. The largest absolute Gasteiger partial charge is 0.497 e. The first-order chi connectivity index (χ1) is 20.0. The number of hydrogen-bond acceptors (Lipinski definition) is 6. The summed E-state index contributed by atoms with van der Waals surface area (Å²) in [5, 5.41) is 3.67.